The van der Waals surface area contributed by atoms with E-state index in [-0.39, 0.29) is 6.67 Å². The molecular formula is C9H19FN2. The number of rotatable bonds is 7. The normalized spacial score (nSPS) is 10.3. The lowest BCUT2D eigenvalue weighted by molar-refractivity contribution is 0.308. The molecule has 0 saturated carbocycles. The number of hydrogen-bond donors (Lipinski definition) is 1. The van der Waals surface area contributed by atoms with Crippen LogP contribution < -0.4 is 5.32 Å². The van der Waals surface area contributed by atoms with Crippen LogP contribution in [0.5, 0.6) is 0 Å². The molecule has 72 valence electrons. The highest BCUT2D eigenvalue weighted by molar-refractivity contribution is 4.74. The lowest BCUT2D eigenvalue weighted by Gasteiger charge is -2.24. The van der Waals surface area contributed by atoms with Crippen molar-refractivity contribution in [2.24, 2.45) is 0 Å². The molecular weight excluding hydrogens is 155 g/mol. The van der Waals surface area contributed by atoms with Gasteiger partial charge in [-0.05, 0) is 20.0 Å². The van der Waals surface area contributed by atoms with E-state index in [1.807, 2.05) is 6.20 Å². The topological polar surface area (TPSA) is 15.3 Å². The number of nitrogens with one attached hydrogen (secondary N) is 1. The zero-order valence-corrected chi connectivity index (χ0v) is 8.02. The van der Waals surface area contributed by atoms with Gasteiger partial charge in [-0.25, -0.2) is 4.39 Å². The molecule has 0 rings (SSSR count). The van der Waals surface area contributed by atoms with E-state index in [1.54, 1.807) is 0 Å². The van der Waals surface area contributed by atoms with Crippen molar-refractivity contribution in [3.05, 3.63) is 12.8 Å². The first-order valence-electron chi connectivity index (χ1n) is 4.37. The predicted molar refractivity (Wildman–Crippen MR) is 50.9 cm³/mol. The van der Waals surface area contributed by atoms with E-state index in [4.69, 9.17) is 0 Å². The number of nitrogens with zero attached hydrogens (tertiary/aromatic N) is 1. The molecule has 0 saturated heterocycles. The minimum atomic E-state index is -0.296. The molecule has 0 aromatic rings. The SMILES string of the molecule is C=CN(CCNCCF)C(C)C. The Morgan fingerprint density at radius 3 is 2.58 bits per heavy atom. The number of alkyl halides is 1. The quantitative estimate of drug-likeness (QED) is 0.587. The summed E-state index contributed by atoms with van der Waals surface area (Å²) in [6.07, 6.45) is 1.82. The summed E-state index contributed by atoms with van der Waals surface area (Å²) in [6, 6.07) is 0.467. The molecule has 0 radical (unpaired) electrons. The molecule has 0 heterocycles. The minimum absolute atomic E-state index is 0.296. The van der Waals surface area contributed by atoms with E-state index in [0.29, 0.717) is 12.6 Å². The lowest BCUT2D eigenvalue weighted by atomic mass is 10.3. The highest BCUT2D eigenvalue weighted by atomic mass is 19.1. The number of halogens is 1. The van der Waals surface area contributed by atoms with Gasteiger partial charge in [-0.2, -0.15) is 0 Å². The van der Waals surface area contributed by atoms with Crippen molar-refractivity contribution in [3.8, 4) is 0 Å². The Hall–Kier alpha value is -0.570. The highest BCUT2D eigenvalue weighted by Crippen LogP contribution is 1.95. The summed E-state index contributed by atoms with van der Waals surface area (Å²) in [7, 11) is 0. The molecule has 0 aliphatic rings. The molecule has 0 amide bonds. The van der Waals surface area contributed by atoms with Crippen molar-refractivity contribution >= 4 is 0 Å². The van der Waals surface area contributed by atoms with Gasteiger partial charge < -0.3 is 10.2 Å². The van der Waals surface area contributed by atoms with Crippen LogP contribution in [0, 0.1) is 0 Å². The third-order valence-corrected chi connectivity index (χ3v) is 1.72. The Balaban J connectivity index is 3.38. The van der Waals surface area contributed by atoms with Crippen LogP contribution in [-0.2, 0) is 0 Å². The fourth-order valence-corrected chi connectivity index (χ4v) is 0.960. The zero-order chi connectivity index (χ0) is 9.40. The van der Waals surface area contributed by atoms with E-state index in [1.165, 1.54) is 0 Å². The lowest BCUT2D eigenvalue weighted by Crippen LogP contribution is -2.33. The Labute approximate surface area is 74.4 Å². The maximum Gasteiger partial charge on any atom is 0.102 e. The summed E-state index contributed by atoms with van der Waals surface area (Å²) >= 11 is 0. The number of hydrogen-bond acceptors (Lipinski definition) is 2. The van der Waals surface area contributed by atoms with Gasteiger partial charge in [-0.1, -0.05) is 6.58 Å². The Kier molecular flexibility index (Phi) is 6.76. The molecule has 1 N–H and O–H groups in total. The molecule has 0 aromatic carbocycles. The van der Waals surface area contributed by atoms with Gasteiger partial charge in [0.25, 0.3) is 0 Å². The molecule has 0 aliphatic heterocycles. The molecule has 0 fully saturated rings. The van der Waals surface area contributed by atoms with Gasteiger partial charge in [0.1, 0.15) is 6.67 Å². The summed E-state index contributed by atoms with van der Waals surface area (Å²) in [6.45, 7) is 9.78. The van der Waals surface area contributed by atoms with E-state index in [0.717, 1.165) is 13.1 Å². The summed E-state index contributed by atoms with van der Waals surface area (Å²) in [5.74, 6) is 0. The first-order chi connectivity index (χ1) is 5.72. The molecule has 2 nitrogen and oxygen atoms in total. The van der Waals surface area contributed by atoms with Gasteiger partial charge in [0.05, 0.1) is 0 Å². The second-order valence-corrected chi connectivity index (χ2v) is 2.95. The summed E-state index contributed by atoms with van der Waals surface area (Å²) in [4.78, 5) is 2.12. The van der Waals surface area contributed by atoms with Gasteiger partial charge in [0.15, 0.2) is 0 Å². The minimum Gasteiger partial charge on any atom is -0.374 e. The van der Waals surface area contributed by atoms with Gasteiger partial charge in [-0.15, -0.1) is 0 Å². The maximum absolute atomic E-state index is 11.7. The van der Waals surface area contributed by atoms with Gasteiger partial charge in [0.2, 0.25) is 0 Å². The van der Waals surface area contributed by atoms with Crippen molar-refractivity contribution in [2.45, 2.75) is 19.9 Å². The first-order valence-corrected chi connectivity index (χ1v) is 4.37. The fourth-order valence-electron chi connectivity index (χ4n) is 0.960. The van der Waals surface area contributed by atoms with Crippen LogP contribution in [0.15, 0.2) is 12.8 Å². The van der Waals surface area contributed by atoms with Crippen molar-refractivity contribution in [2.75, 3.05) is 26.3 Å². The third kappa shape index (κ3) is 5.13. The first kappa shape index (κ1) is 11.4. The molecule has 0 aliphatic carbocycles. The molecule has 0 aromatic heterocycles. The van der Waals surface area contributed by atoms with Gasteiger partial charge in [-0.3, -0.25) is 0 Å². The van der Waals surface area contributed by atoms with Gasteiger partial charge >= 0.3 is 0 Å². The average molecular weight is 174 g/mol. The average Bonchev–Trinajstić information content (AvgIpc) is 2.04. The van der Waals surface area contributed by atoms with Crippen molar-refractivity contribution in [1.29, 1.82) is 0 Å². The van der Waals surface area contributed by atoms with Crippen LogP contribution in [0.3, 0.4) is 0 Å². The Morgan fingerprint density at radius 1 is 1.50 bits per heavy atom. The van der Waals surface area contributed by atoms with Crippen LogP contribution in [0.2, 0.25) is 0 Å². The maximum atomic E-state index is 11.7. The van der Waals surface area contributed by atoms with Gasteiger partial charge in [0, 0.05) is 25.7 Å². The Morgan fingerprint density at radius 2 is 2.17 bits per heavy atom. The smallest absolute Gasteiger partial charge is 0.102 e. The van der Waals surface area contributed by atoms with Crippen molar-refractivity contribution < 1.29 is 4.39 Å². The van der Waals surface area contributed by atoms with Crippen LogP contribution in [0.25, 0.3) is 0 Å². The van der Waals surface area contributed by atoms with Crippen LogP contribution in [0.1, 0.15) is 13.8 Å². The van der Waals surface area contributed by atoms with E-state index >= 15 is 0 Å². The summed E-state index contributed by atoms with van der Waals surface area (Å²) in [5.41, 5.74) is 0. The second-order valence-electron chi connectivity index (χ2n) is 2.95. The highest BCUT2D eigenvalue weighted by Gasteiger charge is 2.01. The zero-order valence-electron chi connectivity index (χ0n) is 8.02. The largest absolute Gasteiger partial charge is 0.374 e. The molecule has 0 bridgehead atoms. The second kappa shape index (κ2) is 7.10. The van der Waals surface area contributed by atoms with Crippen molar-refractivity contribution in [1.82, 2.24) is 10.2 Å². The summed E-state index contributed by atoms with van der Waals surface area (Å²) < 4.78 is 11.7. The van der Waals surface area contributed by atoms with E-state index in [9.17, 15) is 4.39 Å². The van der Waals surface area contributed by atoms with Crippen LogP contribution in [-0.4, -0.2) is 37.3 Å². The predicted octanol–water partition coefficient (Wildman–Crippen LogP) is 1.40. The van der Waals surface area contributed by atoms with Crippen molar-refractivity contribution in [3.63, 3.8) is 0 Å². The summed E-state index contributed by atoms with van der Waals surface area (Å²) in [5, 5.41) is 2.99. The molecule has 3 heteroatoms. The molecule has 0 atom stereocenters. The molecule has 0 spiro atoms. The molecule has 0 unspecified atom stereocenters. The Bertz CT molecular complexity index is 115. The van der Waals surface area contributed by atoms with E-state index < -0.39 is 0 Å². The standard InChI is InChI=1S/C9H19FN2/c1-4-12(9(2)3)8-7-11-6-5-10/h4,9,11H,1,5-8H2,2-3H3. The van der Waals surface area contributed by atoms with E-state index in [2.05, 4.69) is 30.6 Å². The van der Waals surface area contributed by atoms with Crippen LogP contribution in [0.4, 0.5) is 4.39 Å². The third-order valence-electron chi connectivity index (χ3n) is 1.72. The molecule has 12 heavy (non-hydrogen) atoms. The monoisotopic (exact) mass is 174 g/mol. The van der Waals surface area contributed by atoms with Crippen LogP contribution >= 0.6 is 0 Å². The fraction of sp³-hybridized carbons (Fsp3) is 0.778.